The van der Waals surface area contributed by atoms with Gasteiger partial charge in [0.25, 0.3) is 0 Å². The molecule has 2 saturated heterocycles. The predicted octanol–water partition coefficient (Wildman–Crippen LogP) is 3.16. The Morgan fingerprint density at radius 1 is 1.26 bits per heavy atom. The topological polar surface area (TPSA) is 40.1 Å². The third-order valence-electron chi connectivity index (χ3n) is 4.94. The maximum atomic E-state index is 5.49. The molecule has 2 fully saturated rings. The highest BCUT2D eigenvalue weighted by Crippen LogP contribution is 2.23. The summed E-state index contributed by atoms with van der Waals surface area (Å²) >= 11 is 1.89. The zero-order valence-electron chi connectivity index (χ0n) is 16.5. The maximum Gasteiger partial charge on any atom is 0.194 e. The fraction of sp³-hybridized carbons (Fsp3) is 0.650. The number of morpholine rings is 1. The lowest BCUT2D eigenvalue weighted by Gasteiger charge is -2.32. The van der Waals surface area contributed by atoms with Crippen molar-refractivity contribution in [2.75, 3.05) is 52.5 Å². The molecule has 0 radical (unpaired) electrons. The van der Waals surface area contributed by atoms with E-state index in [1.165, 1.54) is 11.3 Å². The van der Waals surface area contributed by atoms with Crippen molar-refractivity contribution < 1.29 is 4.74 Å². The minimum Gasteiger partial charge on any atom is -0.379 e. The first-order valence-electron chi connectivity index (χ1n) is 9.83. The van der Waals surface area contributed by atoms with E-state index in [4.69, 9.17) is 9.73 Å². The number of nitrogens with one attached hydrogen (secondary N) is 1. The normalized spacial score (nSPS) is 22.4. The summed E-state index contributed by atoms with van der Waals surface area (Å²) in [5.41, 5.74) is 0. The SMILES string of the molecule is CCNC(=NCC(C)Sc1ccccc1)N1CCC(N2CCOCC2)C1.I. The summed E-state index contributed by atoms with van der Waals surface area (Å²) in [6.45, 7) is 12.2. The first kappa shape index (κ1) is 22.8. The number of aliphatic imine (C=N–C) groups is 1. The second-order valence-electron chi connectivity index (χ2n) is 6.97. The fourth-order valence-electron chi connectivity index (χ4n) is 3.58. The van der Waals surface area contributed by atoms with E-state index in [2.05, 4.69) is 59.3 Å². The monoisotopic (exact) mass is 504 g/mol. The van der Waals surface area contributed by atoms with Crippen LogP contribution in [-0.4, -0.2) is 79.5 Å². The van der Waals surface area contributed by atoms with Crippen LogP contribution in [0.4, 0.5) is 0 Å². The largest absolute Gasteiger partial charge is 0.379 e. The lowest BCUT2D eigenvalue weighted by molar-refractivity contribution is 0.0195. The Labute approximate surface area is 185 Å². The minimum atomic E-state index is 0. The number of likely N-dealkylation sites (tertiary alicyclic amines) is 1. The molecule has 0 aliphatic carbocycles. The van der Waals surface area contributed by atoms with Gasteiger partial charge >= 0.3 is 0 Å². The Kier molecular flexibility index (Phi) is 10.2. The van der Waals surface area contributed by atoms with Gasteiger partial charge in [-0.05, 0) is 25.5 Å². The van der Waals surface area contributed by atoms with Gasteiger partial charge in [-0.25, -0.2) is 0 Å². The van der Waals surface area contributed by atoms with Crippen LogP contribution in [0.15, 0.2) is 40.2 Å². The molecular weight excluding hydrogens is 471 g/mol. The van der Waals surface area contributed by atoms with E-state index < -0.39 is 0 Å². The second-order valence-corrected chi connectivity index (χ2v) is 8.48. The summed E-state index contributed by atoms with van der Waals surface area (Å²) in [6.07, 6.45) is 1.22. The standard InChI is InChI=1S/C20H32N4OS.HI/c1-3-21-20(22-15-17(2)26-19-7-5-4-6-8-19)24-10-9-18(16-24)23-11-13-25-14-12-23;/h4-8,17-18H,3,9-16H2,1-2H3,(H,21,22);1H. The lowest BCUT2D eigenvalue weighted by atomic mass is 10.2. The van der Waals surface area contributed by atoms with Gasteiger partial charge in [0.15, 0.2) is 5.96 Å². The van der Waals surface area contributed by atoms with E-state index >= 15 is 0 Å². The van der Waals surface area contributed by atoms with Gasteiger partial charge in [-0.15, -0.1) is 35.7 Å². The van der Waals surface area contributed by atoms with Crippen LogP contribution in [0.1, 0.15) is 20.3 Å². The van der Waals surface area contributed by atoms with E-state index in [-0.39, 0.29) is 24.0 Å². The first-order valence-corrected chi connectivity index (χ1v) is 10.7. The van der Waals surface area contributed by atoms with Crippen molar-refractivity contribution in [1.82, 2.24) is 15.1 Å². The molecule has 1 aromatic rings. The molecule has 2 aliphatic heterocycles. The molecule has 0 spiro atoms. The van der Waals surface area contributed by atoms with Crippen LogP contribution in [0.25, 0.3) is 0 Å². The molecule has 1 N–H and O–H groups in total. The van der Waals surface area contributed by atoms with Gasteiger partial charge in [-0.1, -0.05) is 25.1 Å². The van der Waals surface area contributed by atoms with Crippen LogP contribution in [0, 0.1) is 0 Å². The number of guanidine groups is 1. The molecule has 3 rings (SSSR count). The van der Waals surface area contributed by atoms with Crippen molar-refractivity contribution in [2.45, 2.75) is 36.5 Å². The van der Waals surface area contributed by atoms with Crippen LogP contribution in [0.5, 0.6) is 0 Å². The molecule has 0 aromatic heterocycles. The number of rotatable bonds is 6. The third kappa shape index (κ3) is 7.11. The van der Waals surface area contributed by atoms with Crippen LogP contribution < -0.4 is 5.32 Å². The highest BCUT2D eigenvalue weighted by Gasteiger charge is 2.30. The highest BCUT2D eigenvalue weighted by atomic mass is 127. The molecule has 2 aliphatic rings. The van der Waals surface area contributed by atoms with Crippen molar-refractivity contribution in [3.63, 3.8) is 0 Å². The van der Waals surface area contributed by atoms with Gasteiger partial charge < -0.3 is 15.0 Å². The van der Waals surface area contributed by atoms with Crippen molar-refractivity contribution in [3.05, 3.63) is 30.3 Å². The number of halogens is 1. The molecule has 0 amide bonds. The molecule has 152 valence electrons. The Hall–Kier alpha value is -0.510. The summed E-state index contributed by atoms with van der Waals surface area (Å²) in [7, 11) is 0. The van der Waals surface area contributed by atoms with Crippen molar-refractivity contribution in [2.24, 2.45) is 4.99 Å². The van der Waals surface area contributed by atoms with Crippen LogP contribution in [-0.2, 0) is 4.74 Å². The molecule has 2 heterocycles. The molecule has 7 heteroatoms. The number of ether oxygens (including phenoxy) is 1. The number of benzene rings is 1. The molecule has 0 bridgehead atoms. The number of thioether (sulfide) groups is 1. The number of nitrogens with zero attached hydrogens (tertiary/aromatic N) is 3. The average molecular weight is 504 g/mol. The molecule has 1 aromatic carbocycles. The fourth-order valence-corrected chi connectivity index (χ4v) is 4.51. The summed E-state index contributed by atoms with van der Waals surface area (Å²) in [5, 5.41) is 3.95. The molecule has 2 atom stereocenters. The predicted molar refractivity (Wildman–Crippen MR) is 126 cm³/mol. The third-order valence-corrected chi connectivity index (χ3v) is 6.03. The van der Waals surface area contributed by atoms with Gasteiger partial charge in [-0.3, -0.25) is 9.89 Å². The zero-order chi connectivity index (χ0) is 18.2. The smallest absolute Gasteiger partial charge is 0.194 e. The van der Waals surface area contributed by atoms with Crippen LogP contribution >= 0.6 is 35.7 Å². The van der Waals surface area contributed by atoms with E-state index in [0.29, 0.717) is 11.3 Å². The highest BCUT2D eigenvalue weighted by molar-refractivity contribution is 14.0. The number of hydrogen-bond acceptors (Lipinski definition) is 4. The van der Waals surface area contributed by atoms with Gasteiger partial charge in [0.05, 0.1) is 19.8 Å². The van der Waals surface area contributed by atoms with E-state index in [1.54, 1.807) is 0 Å². The first-order chi connectivity index (χ1) is 12.8. The van der Waals surface area contributed by atoms with Gasteiger partial charge in [-0.2, -0.15) is 0 Å². The average Bonchev–Trinajstić information content (AvgIpc) is 3.17. The number of hydrogen-bond donors (Lipinski definition) is 1. The molecule has 5 nitrogen and oxygen atoms in total. The minimum absolute atomic E-state index is 0. The summed E-state index contributed by atoms with van der Waals surface area (Å²) in [5.74, 6) is 1.07. The van der Waals surface area contributed by atoms with Gasteiger partial charge in [0.1, 0.15) is 0 Å². The Bertz CT molecular complexity index is 568. The molecule has 0 saturated carbocycles. The van der Waals surface area contributed by atoms with Crippen molar-refractivity contribution >= 4 is 41.7 Å². The van der Waals surface area contributed by atoms with Crippen molar-refractivity contribution in [3.8, 4) is 0 Å². The van der Waals surface area contributed by atoms with Crippen LogP contribution in [0.2, 0.25) is 0 Å². The van der Waals surface area contributed by atoms with E-state index in [9.17, 15) is 0 Å². The summed E-state index contributed by atoms with van der Waals surface area (Å²) < 4.78 is 5.49. The Balaban J connectivity index is 0.00000261. The zero-order valence-corrected chi connectivity index (χ0v) is 19.6. The Morgan fingerprint density at radius 3 is 2.70 bits per heavy atom. The van der Waals surface area contributed by atoms with E-state index in [1.807, 2.05) is 11.8 Å². The summed E-state index contributed by atoms with van der Waals surface area (Å²) in [4.78, 5) is 11.3. The van der Waals surface area contributed by atoms with Crippen LogP contribution in [0.3, 0.4) is 0 Å². The Morgan fingerprint density at radius 2 is 2.00 bits per heavy atom. The van der Waals surface area contributed by atoms with Crippen molar-refractivity contribution in [1.29, 1.82) is 0 Å². The second kappa shape index (κ2) is 12.1. The maximum absolute atomic E-state index is 5.49. The lowest BCUT2D eigenvalue weighted by Crippen LogP contribution is -2.46. The quantitative estimate of drug-likeness (QED) is 0.279. The molecular formula is C20H33IN4OS. The van der Waals surface area contributed by atoms with Gasteiger partial charge in [0.2, 0.25) is 0 Å². The van der Waals surface area contributed by atoms with E-state index in [0.717, 1.165) is 58.4 Å². The molecule has 27 heavy (non-hydrogen) atoms. The summed E-state index contributed by atoms with van der Waals surface area (Å²) in [6, 6.07) is 11.2. The van der Waals surface area contributed by atoms with Gasteiger partial charge in [0, 0.05) is 48.9 Å². The molecule has 2 unspecified atom stereocenters.